The Morgan fingerprint density at radius 1 is 1.31 bits per heavy atom. The average molecular weight is 493 g/mol. The first kappa shape index (κ1) is 22.8. The van der Waals surface area contributed by atoms with Crippen LogP contribution in [0.5, 0.6) is 0 Å². The van der Waals surface area contributed by atoms with E-state index in [4.69, 9.17) is 5.73 Å². The van der Waals surface area contributed by atoms with Gasteiger partial charge in [-0.25, -0.2) is 0 Å². The topological polar surface area (TPSA) is 99.8 Å². The number of piperidine rings is 1. The van der Waals surface area contributed by atoms with Crippen LogP contribution in [0.4, 0.5) is 0 Å². The van der Waals surface area contributed by atoms with Crippen LogP contribution in [0.15, 0.2) is 40.2 Å². The molecule has 146 valence electrons. The largest absolute Gasteiger partial charge is 0.369 e. The van der Waals surface area contributed by atoms with Crippen molar-refractivity contribution >= 4 is 46.6 Å². The van der Waals surface area contributed by atoms with E-state index in [1.165, 1.54) is 0 Å². The third-order valence-corrected chi connectivity index (χ3v) is 5.49. The summed E-state index contributed by atoms with van der Waals surface area (Å²) < 4.78 is 12.2. The molecule has 2 rings (SSSR count). The monoisotopic (exact) mass is 493 g/mol. The van der Waals surface area contributed by atoms with Crippen LogP contribution in [-0.4, -0.2) is 66.0 Å². The summed E-state index contributed by atoms with van der Waals surface area (Å²) in [6.45, 7) is 2.60. The maximum absolute atomic E-state index is 12.2. The summed E-state index contributed by atoms with van der Waals surface area (Å²) >= 11 is 0. The van der Waals surface area contributed by atoms with Crippen LogP contribution in [-0.2, 0) is 15.6 Å². The fourth-order valence-corrected chi connectivity index (χ4v) is 3.78. The lowest BCUT2D eigenvalue weighted by molar-refractivity contribution is -0.119. The Bertz CT molecular complexity index is 606. The number of hydrogen-bond acceptors (Lipinski definition) is 4. The van der Waals surface area contributed by atoms with Crippen molar-refractivity contribution in [2.75, 3.05) is 39.0 Å². The number of nitrogens with one attached hydrogen (secondary N) is 2. The van der Waals surface area contributed by atoms with E-state index in [1.807, 2.05) is 30.3 Å². The molecule has 0 spiro atoms. The maximum atomic E-state index is 12.2. The van der Waals surface area contributed by atoms with Crippen LogP contribution >= 0.6 is 24.0 Å². The molecule has 0 aromatic heterocycles. The first-order chi connectivity index (χ1) is 12.1. The number of rotatable bonds is 7. The Balaban J connectivity index is 0.00000338. The van der Waals surface area contributed by atoms with Gasteiger partial charge in [0.25, 0.3) is 0 Å². The quantitative estimate of drug-likeness (QED) is 0.293. The summed E-state index contributed by atoms with van der Waals surface area (Å²) in [5, 5.41) is 6.61. The number of hydrogen-bond donors (Lipinski definition) is 3. The molecule has 0 bridgehead atoms. The van der Waals surface area contributed by atoms with Gasteiger partial charge in [0.2, 0.25) is 5.91 Å². The van der Waals surface area contributed by atoms with Gasteiger partial charge in [0.1, 0.15) is 0 Å². The molecule has 1 heterocycles. The standard InChI is InChI=1S/C17H27N5O2S.HI/c1-19-17(20-9-12-25(24)15-5-3-2-4-6-15)21-14-7-10-22(11-8-14)13-16(18)23;/h2-6,14H,7-13H2,1H3,(H2,18,23)(H2,19,20,21);1H. The number of amides is 1. The van der Waals surface area contributed by atoms with Crippen molar-refractivity contribution in [1.82, 2.24) is 15.5 Å². The molecule has 26 heavy (non-hydrogen) atoms. The van der Waals surface area contributed by atoms with Gasteiger partial charge in [-0.15, -0.1) is 24.0 Å². The third-order valence-electron chi connectivity index (χ3n) is 4.12. The second-order valence-corrected chi connectivity index (χ2v) is 7.59. The van der Waals surface area contributed by atoms with Gasteiger partial charge >= 0.3 is 0 Å². The number of nitrogens with two attached hydrogens (primary N) is 1. The summed E-state index contributed by atoms with van der Waals surface area (Å²) in [5.74, 6) is 0.968. The Labute approximate surface area is 174 Å². The first-order valence-corrected chi connectivity index (χ1v) is 9.81. The number of halogens is 1. The van der Waals surface area contributed by atoms with Gasteiger partial charge in [0.05, 0.1) is 17.3 Å². The van der Waals surface area contributed by atoms with E-state index in [2.05, 4.69) is 20.5 Å². The molecule has 1 aliphatic heterocycles. The summed E-state index contributed by atoms with van der Waals surface area (Å²) in [6, 6.07) is 9.78. The van der Waals surface area contributed by atoms with Crippen molar-refractivity contribution in [2.45, 2.75) is 23.8 Å². The number of nitrogens with zero attached hydrogens (tertiary/aromatic N) is 2. The molecule has 7 nitrogen and oxygen atoms in total. The number of carbonyl (C=O) groups excluding carboxylic acids is 1. The van der Waals surface area contributed by atoms with Crippen LogP contribution in [0.3, 0.4) is 0 Å². The number of likely N-dealkylation sites (tertiary alicyclic amines) is 1. The number of carbonyl (C=O) groups is 1. The normalized spacial score (nSPS) is 17.2. The van der Waals surface area contributed by atoms with Gasteiger partial charge in [-0.1, -0.05) is 18.2 Å². The zero-order valence-corrected chi connectivity index (χ0v) is 18.2. The molecule has 0 saturated carbocycles. The van der Waals surface area contributed by atoms with Crippen LogP contribution in [0.25, 0.3) is 0 Å². The second-order valence-electron chi connectivity index (χ2n) is 6.02. The minimum Gasteiger partial charge on any atom is -0.369 e. The third kappa shape index (κ3) is 8.00. The molecule has 1 amide bonds. The van der Waals surface area contributed by atoms with E-state index in [1.54, 1.807) is 7.05 Å². The minimum absolute atomic E-state index is 0. The lowest BCUT2D eigenvalue weighted by atomic mass is 10.1. The minimum atomic E-state index is -1.01. The number of benzene rings is 1. The molecular weight excluding hydrogens is 465 g/mol. The molecule has 0 aliphatic carbocycles. The lowest BCUT2D eigenvalue weighted by Crippen LogP contribution is -2.50. The summed E-state index contributed by atoms with van der Waals surface area (Å²) in [4.78, 5) is 18.1. The highest BCUT2D eigenvalue weighted by Gasteiger charge is 2.20. The maximum Gasteiger partial charge on any atom is 0.231 e. The SMILES string of the molecule is CN=C(NCCS(=O)c1ccccc1)NC1CCN(CC(N)=O)CC1.I. The fraction of sp³-hybridized carbons (Fsp3) is 0.529. The van der Waals surface area contributed by atoms with Gasteiger partial charge in [0.15, 0.2) is 5.96 Å². The molecule has 1 aromatic carbocycles. The highest BCUT2D eigenvalue weighted by Crippen LogP contribution is 2.09. The molecule has 1 atom stereocenters. The van der Waals surface area contributed by atoms with Gasteiger partial charge < -0.3 is 16.4 Å². The second kappa shape index (κ2) is 12.2. The van der Waals surface area contributed by atoms with Gasteiger partial charge in [0, 0.05) is 43.4 Å². The summed E-state index contributed by atoms with van der Waals surface area (Å²) in [7, 11) is 0.713. The van der Waals surface area contributed by atoms with Crippen LogP contribution in [0.1, 0.15) is 12.8 Å². The Morgan fingerprint density at radius 2 is 1.96 bits per heavy atom. The van der Waals surface area contributed by atoms with E-state index in [0.717, 1.165) is 36.8 Å². The molecule has 1 saturated heterocycles. The Hall–Kier alpha value is -1.20. The molecule has 1 aromatic rings. The smallest absolute Gasteiger partial charge is 0.231 e. The highest BCUT2D eigenvalue weighted by atomic mass is 127. The van der Waals surface area contributed by atoms with E-state index in [-0.39, 0.29) is 29.9 Å². The van der Waals surface area contributed by atoms with Crippen LogP contribution in [0, 0.1) is 0 Å². The highest BCUT2D eigenvalue weighted by molar-refractivity contribution is 14.0. The van der Waals surface area contributed by atoms with Crippen molar-refractivity contribution in [1.29, 1.82) is 0 Å². The van der Waals surface area contributed by atoms with Crippen molar-refractivity contribution in [3.63, 3.8) is 0 Å². The molecule has 9 heteroatoms. The first-order valence-electron chi connectivity index (χ1n) is 8.49. The predicted molar refractivity (Wildman–Crippen MR) is 116 cm³/mol. The van der Waals surface area contributed by atoms with E-state index in [9.17, 15) is 9.00 Å². The lowest BCUT2D eigenvalue weighted by Gasteiger charge is -2.32. The van der Waals surface area contributed by atoms with Gasteiger partial charge in [-0.2, -0.15) is 0 Å². The summed E-state index contributed by atoms with van der Waals surface area (Å²) in [6.07, 6.45) is 1.87. The molecule has 0 radical (unpaired) electrons. The summed E-state index contributed by atoms with van der Waals surface area (Å²) in [5.41, 5.74) is 5.23. The predicted octanol–water partition coefficient (Wildman–Crippen LogP) is 0.527. The average Bonchev–Trinajstić information content (AvgIpc) is 2.62. The molecule has 1 aliphatic rings. The van der Waals surface area contributed by atoms with Crippen molar-refractivity contribution < 1.29 is 9.00 Å². The molecule has 4 N–H and O–H groups in total. The molecule has 1 unspecified atom stereocenters. The van der Waals surface area contributed by atoms with Crippen LogP contribution in [0.2, 0.25) is 0 Å². The van der Waals surface area contributed by atoms with E-state index >= 15 is 0 Å². The van der Waals surface area contributed by atoms with Crippen LogP contribution < -0.4 is 16.4 Å². The fourth-order valence-electron chi connectivity index (χ4n) is 2.80. The molecular formula is C17H28IN5O2S. The van der Waals surface area contributed by atoms with Crippen molar-refractivity contribution in [3.8, 4) is 0 Å². The zero-order valence-electron chi connectivity index (χ0n) is 15.0. The van der Waals surface area contributed by atoms with E-state index in [0.29, 0.717) is 24.9 Å². The van der Waals surface area contributed by atoms with Crippen molar-refractivity contribution in [3.05, 3.63) is 30.3 Å². The Kier molecular flexibility index (Phi) is 10.7. The number of guanidine groups is 1. The number of primary amides is 1. The number of aliphatic imine (C=N–C) groups is 1. The zero-order chi connectivity index (χ0) is 18.1. The van der Waals surface area contributed by atoms with Gasteiger partial charge in [-0.3, -0.25) is 18.9 Å². The molecule has 1 fully saturated rings. The van der Waals surface area contributed by atoms with Crippen molar-refractivity contribution in [2.24, 2.45) is 10.7 Å². The van der Waals surface area contributed by atoms with E-state index < -0.39 is 10.8 Å². The Morgan fingerprint density at radius 3 is 2.54 bits per heavy atom. The van der Waals surface area contributed by atoms with Gasteiger partial charge in [-0.05, 0) is 25.0 Å².